The number of aliphatic imine (C=N–C) groups is 1. The Labute approximate surface area is 165 Å². The quantitative estimate of drug-likeness (QED) is 0.357. The molecule has 28 heavy (non-hydrogen) atoms. The molecule has 3 rings (SSSR count). The molecule has 146 valence electrons. The summed E-state index contributed by atoms with van der Waals surface area (Å²) in [5, 5.41) is 8.85. The third kappa shape index (κ3) is 5.36. The van der Waals surface area contributed by atoms with Crippen LogP contribution in [0, 0.1) is 0 Å². The molecule has 0 amide bonds. The minimum absolute atomic E-state index is 0.510. The first-order chi connectivity index (χ1) is 13.8. The molecule has 3 aromatic rings. The highest BCUT2D eigenvalue weighted by Crippen LogP contribution is 2.17. The Hall–Kier alpha value is -3.28. The Morgan fingerprint density at radius 1 is 1.00 bits per heavy atom. The van der Waals surface area contributed by atoms with Crippen molar-refractivity contribution in [3.8, 4) is 11.5 Å². The Balaban J connectivity index is 1.55. The molecule has 1 aromatic heterocycles. The van der Waals surface area contributed by atoms with Crippen LogP contribution in [0.3, 0.4) is 0 Å². The SMILES string of the molecule is CCNC(=NCc1nccc2ccccc12)NCCOc1ccc(OC)cc1. The van der Waals surface area contributed by atoms with E-state index in [2.05, 4.69) is 32.7 Å². The zero-order chi connectivity index (χ0) is 19.6. The van der Waals surface area contributed by atoms with Gasteiger partial charge in [0.1, 0.15) is 18.1 Å². The lowest BCUT2D eigenvalue weighted by atomic mass is 10.1. The molecule has 0 unspecified atom stereocenters. The number of ether oxygens (including phenoxy) is 2. The average molecular weight is 378 g/mol. The van der Waals surface area contributed by atoms with E-state index < -0.39 is 0 Å². The van der Waals surface area contributed by atoms with Crippen LogP contribution in [0.5, 0.6) is 11.5 Å². The molecule has 0 aliphatic rings. The normalized spacial score (nSPS) is 11.3. The summed E-state index contributed by atoms with van der Waals surface area (Å²) >= 11 is 0. The molecule has 0 saturated heterocycles. The zero-order valence-electron chi connectivity index (χ0n) is 16.3. The van der Waals surface area contributed by atoms with Gasteiger partial charge in [-0.3, -0.25) is 4.98 Å². The number of aromatic nitrogens is 1. The van der Waals surface area contributed by atoms with E-state index >= 15 is 0 Å². The summed E-state index contributed by atoms with van der Waals surface area (Å²) in [7, 11) is 1.65. The lowest BCUT2D eigenvalue weighted by Crippen LogP contribution is -2.39. The van der Waals surface area contributed by atoms with Crippen molar-refractivity contribution in [3.63, 3.8) is 0 Å². The van der Waals surface area contributed by atoms with E-state index in [-0.39, 0.29) is 0 Å². The molecule has 6 nitrogen and oxygen atoms in total. The Kier molecular flexibility index (Phi) is 7.07. The van der Waals surface area contributed by atoms with E-state index in [9.17, 15) is 0 Å². The smallest absolute Gasteiger partial charge is 0.191 e. The van der Waals surface area contributed by atoms with Crippen LogP contribution in [-0.2, 0) is 6.54 Å². The summed E-state index contributed by atoms with van der Waals surface area (Å²) in [4.78, 5) is 9.15. The number of rotatable bonds is 8. The van der Waals surface area contributed by atoms with Crippen molar-refractivity contribution < 1.29 is 9.47 Å². The van der Waals surface area contributed by atoms with Gasteiger partial charge in [0.2, 0.25) is 0 Å². The Bertz CT molecular complexity index is 905. The van der Waals surface area contributed by atoms with Gasteiger partial charge in [-0.15, -0.1) is 0 Å². The fourth-order valence-corrected chi connectivity index (χ4v) is 2.81. The first kappa shape index (κ1) is 19.5. The summed E-state index contributed by atoms with van der Waals surface area (Å²) in [5.74, 6) is 2.37. The number of pyridine rings is 1. The van der Waals surface area contributed by atoms with Crippen LogP contribution in [0.4, 0.5) is 0 Å². The average Bonchev–Trinajstić information content (AvgIpc) is 2.75. The van der Waals surface area contributed by atoms with E-state index in [1.165, 1.54) is 5.39 Å². The van der Waals surface area contributed by atoms with Crippen LogP contribution in [0.1, 0.15) is 12.6 Å². The van der Waals surface area contributed by atoms with E-state index in [0.29, 0.717) is 19.7 Å². The van der Waals surface area contributed by atoms with Crippen molar-refractivity contribution in [2.45, 2.75) is 13.5 Å². The molecule has 0 bridgehead atoms. The highest BCUT2D eigenvalue weighted by molar-refractivity contribution is 5.85. The first-order valence-corrected chi connectivity index (χ1v) is 9.42. The fraction of sp³-hybridized carbons (Fsp3) is 0.273. The van der Waals surface area contributed by atoms with Crippen LogP contribution in [-0.4, -0.2) is 37.7 Å². The monoisotopic (exact) mass is 378 g/mol. The molecule has 0 spiro atoms. The predicted molar refractivity (Wildman–Crippen MR) is 113 cm³/mol. The van der Waals surface area contributed by atoms with Crippen LogP contribution in [0.2, 0.25) is 0 Å². The molecule has 2 N–H and O–H groups in total. The number of fused-ring (bicyclic) bond motifs is 1. The minimum Gasteiger partial charge on any atom is -0.497 e. The predicted octanol–water partition coefficient (Wildman–Crippen LogP) is 3.38. The molecular formula is C22H26N4O2. The molecule has 0 saturated carbocycles. The number of methoxy groups -OCH3 is 1. The maximum Gasteiger partial charge on any atom is 0.191 e. The third-order valence-corrected chi connectivity index (χ3v) is 4.21. The van der Waals surface area contributed by atoms with Crippen molar-refractivity contribution >= 4 is 16.7 Å². The standard InChI is InChI=1S/C22H26N4O2/c1-3-23-22(25-14-15-28-19-10-8-18(27-2)9-11-19)26-16-21-20-7-5-4-6-17(20)12-13-24-21/h4-13H,3,14-16H2,1-2H3,(H2,23,25,26). The van der Waals surface area contributed by atoms with Gasteiger partial charge in [-0.2, -0.15) is 0 Å². The van der Waals surface area contributed by atoms with Crippen LogP contribution in [0.15, 0.2) is 65.8 Å². The molecule has 6 heteroatoms. The van der Waals surface area contributed by atoms with Crippen molar-refractivity contribution in [1.29, 1.82) is 0 Å². The van der Waals surface area contributed by atoms with Gasteiger partial charge in [-0.1, -0.05) is 24.3 Å². The summed E-state index contributed by atoms with van der Waals surface area (Å²) in [5.41, 5.74) is 0.963. The summed E-state index contributed by atoms with van der Waals surface area (Å²) in [6.07, 6.45) is 1.83. The van der Waals surface area contributed by atoms with Gasteiger partial charge in [0.25, 0.3) is 0 Å². The van der Waals surface area contributed by atoms with Gasteiger partial charge in [-0.05, 0) is 42.6 Å². The van der Waals surface area contributed by atoms with Crippen molar-refractivity contribution in [3.05, 3.63) is 66.5 Å². The van der Waals surface area contributed by atoms with E-state index in [1.54, 1.807) is 7.11 Å². The number of guanidine groups is 1. The van der Waals surface area contributed by atoms with E-state index in [1.807, 2.05) is 55.6 Å². The maximum atomic E-state index is 5.74. The Morgan fingerprint density at radius 2 is 1.79 bits per heavy atom. The van der Waals surface area contributed by atoms with Gasteiger partial charge < -0.3 is 20.1 Å². The molecular weight excluding hydrogens is 352 g/mol. The van der Waals surface area contributed by atoms with Crippen LogP contribution in [0.25, 0.3) is 10.8 Å². The number of nitrogens with one attached hydrogen (secondary N) is 2. The van der Waals surface area contributed by atoms with Crippen molar-refractivity contribution in [2.24, 2.45) is 4.99 Å². The van der Waals surface area contributed by atoms with Gasteiger partial charge in [0, 0.05) is 18.1 Å². The minimum atomic E-state index is 0.510. The van der Waals surface area contributed by atoms with Crippen LogP contribution >= 0.6 is 0 Å². The van der Waals surface area contributed by atoms with Crippen molar-refractivity contribution in [2.75, 3.05) is 26.8 Å². The number of nitrogens with zero attached hydrogens (tertiary/aromatic N) is 2. The number of hydrogen-bond donors (Lipinski definition) is 2. The lowest BCUT2D eigenvalue weighted by Gasteiger charge is -2.12. The van der Waals surface area contributed by atoms with E-state index in [4.69, 9.17) is 9.47 Å². The highest BCUT2D eigenvalue weighted by Gasteiger charge is 2.03. The molecule has 1 heterocycles. The van der Waals surface area contributed by atoms with Gasteiger partial charge in [0.15, 0.2) is 5.96 Å². The molecule has 0 radical (unpaired) electrons. The summed E-state index contributed by atoms with van der Waals surface area (Å²) < 4.78 is 10.9. The highest BCUT2D eigenvalue weighted by atomic mass is 16.5. The van der Waals surface area contributed by atoms with Crippen molar-refractivity contribution in [1.82, 2.24) is 15.6 Å². The topological polar surface area (TPSA) is 67.8 Å². The summed E-state index contributed by atoms with van der Waals surface area (Å²) in [6.45, 7) is 4.51. The second-order valence-corrected chi connectivity index (χ2v) is 6.12. The van der Waals surface area contributed by atoms with Gasteiger partial charge >= 0.3 is 0 Å². The molecule has 0 atom stereocenters. The molecule has 0 aliphatic carbocycles. The third-order valence-electron chi connectivity index (χ3n) is 4.21. The Morgan fingerprint density at radius 3 is 2.57 bits per heavy atom. The first-order valence-electron chi connectivity index (χ1n) is 9.42. The fourth-order valence-electron chi connectivity index (χ4n) is 2.81. The molecule has 0 aliphatic heterocycles. The van der Waals surface area contributed by atoms with Gasteiger partial charge in [-0.25, -0.2) is 4.99 Å². The van der Waals surface area contributed by atoms with Gasteiger partial charge in [0.05, 0.1) is 25.9 Å². The number of hydrogen-bond acceptors (Lipinski definition) is 4. The second kappa shape index (κ2) is 10.2. The largest absolute Gasteiger partial charge is 0.497 e. The maximum absolute atomic E-state index is 5.74. The van der Waals surface area contributed by atoms with Crippen LogP contribution < -0.4 is 20.1 Å². The zero-order valence-corrected chi connectivity index (χ0v) is 16.3. The molecule has 0 fully saturated rings. The van der Waals surface area contributed by atoms with E-state index in [0.717, 1.165) is 35.1 Å². The molecule has 2 aromatic carbocycles. The number of benzene rings is 2. The second-order valence-electron chi connectivity index (χ2n) is 6.12. The summed E-state index contributed by atoms with van der Waals surface area (Å²) in [6, 6.07) is 17.8. The lowest BCUT2D eigenvalue weighted by molar-refractivity contribution is 0.321.